The van der Waals surface area contributed by atoms with Crippen molar-refractivity contribution in [3.05, 3.63) is 23.3 Å². The maximum absolute atomic E-state index is 11.5. The summed E-state index contributed by atoms with van der Waals surface area (Å²) in [5.41, 5.74) is 2.79. The van der Waals surface area contributed by atoms with Gasteiger partial charge in [0.05, 0.1) is 0 Å². The zero-order chi connectivity index (χ0) is 14.9. The first-order valence-corrected chi connectivity index (χ1v) is 10.6. The van der Waals surface area contributed by atoms with E-state index in [1.165, 1.54) is 11.1 Å². The highest BCUT2D eigenvalue weighted by Gasteiger charge is 2.19. The van der Waals surface area contributed by atoms with Gasteiger partial charge in [-0.25, -0.2) is 0 Å². The molecule has 2 nitrogen and oxygen atoms in total. The molecule has 19 heavy (non-hydrogen) atoms. The molecule has 0 heterocycles. The number of carbonyl (C=O) groups excluding carboxylic acids is 1. The molecule has 0 radical (unpaired) electrons. The van der Waals surface area contributed by atoms with E-state index >= 15 is 0 Å². The minimum atomic E-state index is -1.70. The van der Waals surface area contributed by atoms with Crippen LogP contribution < -0.4 is 0 Å². The van der Waals surface area contributed by atoms with Gasteiger partial charge in [0, 0.05) is 6.42 Å². The molecule has 0 aliphatic rings. The third-order valence-electron chi connectivity index (χ3n) is 2.59. The van der Waals surface area contributed by atoms with Crippen LogP contribution in [0.25, 0.3) is 0 Å². The Morgan fingerprint density at radius 2 is 1.63 bits per heavy atom. The van der Waals surface area contributed by atoms with E-state index in [-0.39, 0.29) is 5.97 Å². The van der Waals surface area contributed by atoms with E-state index in [2.05, 4.69) is 32.9 Å². The summed E-state index contributed by atoms with van der Waals surface area (Å²) in [6, 6.07) is 0. The topological polar surface area (TPSA) is 26.3 Å². The molecule has 0 spiro atoms. The van der Waals surface area contributed by atoms with Gasteiger partial charge < -0.3 is 4.43 Å². The molecule has 110 valence electrons. The molecule has 0 atom stereocenters. The van der Waals surface area contributed by atoms with Crippen molar-refractivity contribution < 1.29 is 9.22 Å². The Labute approximate surface area is 120 Å². The molecule has 0 rings (SSSR count). The van der Waals surface area contributed by atoms with Crippen LogP contribution in [0.15, 0.2) is 23.3 Å². The fraction of sp³-hybridized carbons (Fsp3) is 0.688. The van der Waals surface area contributed by atoms with Crippen LogP contribution in [-0.4, -0.2) is 14.3 Å². The van der Waals surface area contributed by atoms with Crippen molar-refractivity contribution in [2.45, 2.75) is 72.5 Å². The highest BCUT2D eigenvalue weighted by molar-refractivity contribution is 6.71. The van der Waals surface area contributed by atoms with Crippen LogP contribution in [0.4, 0.5) is 0 Å². The maximum Gasteiger partial charge on any atom is 0.292 e. The van der Waals surface area contributed by atoms with Gasteiger partial charge in [0.2, 0.25) is 8.32 Å². The Balaban J connectivity index is 3.78. The van der Waals surface area contributed by atoms with Crippen molar-refractivity contribution in [1.29, 1.82) is 0 Å². The third-order valence-corrected chi connectivity index (χ3v) is 3.43. The van der Waals surface area contributed by atoms with Gasteiger partial charge in [-0.05, 0) is 66.1 Å². The van der Waals surface area contributed by atoms with Crippen molar-refractivity contribution >= 4 is 14.3 Å². The van der Waals surface area contributed by atoms with Crippen LogP contribution in [0, 0.1) is 0 Å². The molecule has 0 saturated heterocycles. The first kappa shape index (κ1) is 18.2. The van der Waals surface area contributed by atoms with Crippen LogP contribution >= 0.6 is 0 Å². The van der Waals surface area contributed by atoms with Gasteiger partial charge in [0.15, 0.2) is 0 Å². The second-order valence-corrected chi connectivity index (χ2v) is 10.8. The lowest BCUT2D eigenvalue weighted by Crippen LogP contribution is -2.28. The van der Waals surface area contributed by atoms with Crippen LogP contribution in [0.5, 0.6) is 0 Å². The smallest absolute Gasteiger partial charge is 0.292 e. The summed E-state index contributed by atoms with van der Waals surface area (Å²) in [4.78, 5) is 11.5. The van der Waals surface area contributed by atoms with Gasteiger partial charge in [-0.1, -0.05) is 23.3 Å². The summed E-state index contributed by atoms with van der Waals surface area (Å²) in [5.74, 6) is -0.0326. The lowest BCUT2D eigenvalue weighted by molar-refractivity contribution is -0.135. The van der Waals surface area contributed by atoms with Crippen molar-refractivity contribution in [2.24, 2.45) is 0 Å². The SMILES string of the molecule is CC(C)=CCCC(C)=CCCCC(=O)O[Si](C)(C)C. The Morgan fingerprint density at radius 3 is 2.16 bits per heavy atom. The molecular formula is C16H30O2Si. The summed E-state index contributed by atoms with van der Waals surface area (Å²) < 4.78 is 5.41. The molecule has 0 aliphatic heterocycles. The van der Waals surface area contributed by atoms with Crippen LogP contribution in [-0.2, 0) is 9.22 Å². The van der Waals surface area contributed by atoms with E-state index in [1.807, 2.05) is 19.6 Å². The average molecular weight is 282 g/mol. The summed E-state index contributed by atoms with van der Waals surface area (Å²) in [6.45, 7) is 12.5. The minimum Gasteiger partial charge on any atom is -0.520 e. The Morgan fingerprint density at radius 1 is 1.00 bits per heavy atom. The lowest BCUT2D eigenvalue weighted by Gasteiger charge is -2.16. The normalized spacial score (nSPS) is 12.2. The number of rotatable bonds is 8. The zero-order valence-electron chi connectivity index (χ0n) is 13.5. The monoisotopic (exact) mass is 282 g/mol. The van der Waals surface area contributed by atoms with Gasteiger partial charge in [-0.3, -0.25) is 4.79 Å². The maximum atomic E-state index is 11.5. The van der Waals surface area contributed by atoms with E-state index in [1.54, 1.807) is 0 Å². The Kier molecular flexibility index (Phi) is 8.73. The molecule has 0 fully saturated rings. The van der Waals surface area contributed by atoms with Crippen LogP contribution in [0.1, 0.15) is 52.9 Å². The highest BCUT2D eigenvalue weighted by atomic mass is 28.4. The minimum absolute atomic E-state index is 0.0326. The van der Waals surface area contributed by atoms with Crippen LogP contribution in [0.2, 0.25) is 19.6 Å². The molecule has 0 unspecified atom stereocenters. The number of allylic oxidation sites excluding steroid dienone is 4. The van der Waals surface area contributed by atoms with Gasteiger partial charge in [0.25, 0.3) is 5.97 Å². The van der Waals surface area contributed by atoms with E-state index in [4.69, 9.17) is 4.43 Å². The second-order valence-electron chi connectivity index (χ2n) is 6.35. The summed E-state index contributed by atoms with van der Waals surface area (Å²) in [5, 5.41) is 0. The molecule has 0 bridgehead atoms. The summed E-state index contributed by atoms with van der Waals surface area (Å²) in [7, 11) is -1.70. The number of unbranched alkanes of at least 4 members (excludes halogenated alkanes) is 1. The van der Waals surface area contributed by atoms with Crippen molar-refractivity contribution in [3.63, 3.8) is 0 Å². The third kappa shape index (κ3) is 13.4. The Bertz CT molecular complexity index is 331. The molecule has 0 aromatic heterocycles. The van der Waals surface area contributed by atoms with E-state index in [0.29, 0.717) is 6.42 Å². The van der Waals surface area contributed by atoms with Crippen LogP contribution in [0.3, 0.4) is 0 Å². The molecule has 3 heteroatoms. The first-order chi connectivity index (χ1) is 8.70. The first-order valence-electron chi connectivity index (χ1n) is 7.21. The summed E-state index contributed by atoms with van der Waals surface area (Å²) >= 11 is 0. The predicted octanol–water partition coefficient (Wildman–Crippen LogP) is 5.23. The molecule has 0 aromatic rings. The van der Waals surface area contributed by atoms with Gasteiger partial charge in [0.1, 0.15) is 0 Å². The van der Waals surface area contributed by atoms with E-state index < -0.39 is 8.32 Å². The largest absolute Gasteiger partial charge is 0.520 e. The Hall–Kier alpha value is -0.833. The van der Waals surface area contributed by atoms with E-state index in [9.17, 15) is 4.79 Å². The fourth-order valence-electron chi connectivity index (χ4n) is 1.68. The fourth-order valence-corrected chi connectivity index (χ4v) is 2.46. The lowest BCUT2D eigenvalue weighted by atomic mass is 10.1. The molecule has 0 aromatic carbocycles. The summed E-state index contributed by atoms with van der Waals surface area (Å²) in [6.07, 6.45) is 9.16. The van der Waals surface area contributed by atoms with Gasteiger partial charge in [-0.15, -0.1) is 0 Å². The number of carbonyl (C=O) groups is 1. The molecule has 0 N–H and O–H groups in total. The molecular weight excluding hydrogens is 252 g/mol. The number of hydrogen-bond acceptors (Lipinski definition) is 2. The molecule has 0 saturated carbocycles. The van der Waals surface area contributed by atoms with Gasteiger partial charge in [-0.2, -0.15) is 0 Å². The molecule has 0 amide bonds. The van der Waals surface area contributed by atoms with Gasteiger partial charge >= 0.3 is 0 Å². The average Bonchev–Trinajstić information content (AvgIpc) is 2.21. The standard InChI is InChI=1S/C16H30O2Si/c1-14(2)10-9-12-15(3)11-7-8-13-16(17)18-19(4,5)6/h10-11H,7-9,12-13H2,1-6H3. The second kappa shape index (κ2) is 9.13. The van der Waals surface area contributed by atoms with Crippen molar-refractivity contribution in [2.75, 3.05) is 0 Å². The predicted molar refractivity (Wildman–Crippen MR) is 85.7 cm³/mol. The van der Waals surface area contributed by atoms with E-state index in [0.717, 1.165) is 25.7 Å². The molecule has 0 aliphatic carbocycles. The van der Waals surface area contributed by atoms with Crippen molar-refractivity contribution in [1.82, 2.24) is 0 Å². The number of hydrogen-bond donors (Lipinski definition) is 0. The quantitative estimate of drug-likeness (QED) is 0.346. The van der Waals surface area contributed by atoms with Crippen molar-refractivity contribution in [3.8, 4) is 0 Å². The highest BCUT2D eigenvalue weighted by Crippen LogP contribution is 2.11. The zero-order valence-corrected chi connectivity index (χ0v) is 14.5.